The maximum atomic E-state index is 11.4. The molecular weight excluding hydrogens is 224 g/mol. The van der Waals surface area contributed by atoms with Crippen molar-refractivity contribution < 1.29 is 9.53 Å². The molecule has 0 aliphatic heterocycles. The molecule has 0 radical (unpaired) electrons. The highest BCUT2D eigenvalue weighted by molar-refractivity contribution is 7.11. The van der Waals surface area contributed by atoms with Crippen molar-refractivity contribution in [1.82, 2.24) is 4.98 Å². The first kappa shape index (κ1) is 13.1. The molecule has 1 atom stereocenters. The Hall–Kier alpha value is -0.940. The molecule has 0 saturated heterocycles. The highest BCUT2D eigenvalue weighted by Crippen LogP contribution is 2.21. The molecular formula is C11H18N2O2S. The van der Waals surface area contributed by atoms with Crippen molar-refractivity contribution in [3.8, 4) is 0 Å². The molecule has 1 aromatic rings. The van der Waals surface area contributed by atoms with E-state index in [2.05, 4.69) is 18.8 Å². The number of nitrogens with zero attached hydrogens (tertiary/aromatic N) is 1. The van der Waals surface area contributed by atoms with Crippen molar-refractivity contribution >= 4 is 17.3 Å². The van der Waals surface area contributed by atoms with Gasteiger partial charge in [0.1, 0.15) is 0 Å². The summed E-state index contributed by atoms with van der Waals surface area (Å²) in [7, 11) is 0. The summed E-state index contributed by atoms with van der Waals surface area (Å²) in [4.78, 5) is 15.6. The second-order valence-corrected chi connectivity index (χ2v) is 4.89. The van der Waals surface area contributed by atoms with E-state index >= 15 is 0 Å². The van der Waals surface area contributed by atoms with Gasteiger partial charge < -0.3 is 10.5 Å². The van der Waals surface area contributed by atoms with Crippen LogP contribution >= 0.6 is 11.3 Å². The van der Waals surface area contributed by atoms with Crippen molar-refractivity contribution in [3.63, 3.8) is 0 Å². The van der Waals surface area contributed by atoms with Gasteiger partial charge in [0.2, 0.25) is 5.01 Å². The van der Waals surface area contributed by atoms with E-state index in [1.54, 1.807) is 6.92 Å². The Balaban J connectivity index is 2.67. The van der Waals surface area contributed by atoms with Gasteiger partial charge in [0.25, 0.3) is 0 Å². The number of ether oxygens (including phenoxy) is 1. The third-order valence-electron chi connectivity index (χ3n) is 2.08. The van der Waals surface area contributed by atoms with Gasteiger partial charge in [0.15, 0.2) is 0 Å². The average Bonchev–Trinajstić information content (AvgIpc) is 2.65. The molecule has 0 spiro atoms. The standard InChI is InChI=1S/C11H18N2O2S/c1-4-15-11(14)10-13-9(6-16-10)8(12)5-7(2)3/h6-8H,4-5,12H2,1-3H3. The van der Waals surface area contributed by atoms with E-state index in [9.17, 15) is 4.79 Å². The third kappa shape index (κ3) is 3.57. The van der Waals surface area contributed by atoms with Crippen molar-refractivity contribution in [1.29, 1.82) is 0 Å². The monoisotopic (exact) mass is 242 g/mol. The van der Waals surface area contributed by atoms with Crippen LogP contribution in [0.1, 0.15) is 48.7 Å². The lowest BCUT2D eigenvalue weighted by molar-refractivity contribution is 0.0525. The van der Waals surface area contributed by atoms with E-state index in [0.29, 0.717) is 17.5 Å². The van der Waals surface area contributed by atoms with Gasteiger partial charge >= 0.3 is 5.97 Å². The SMILES string of the molecule is CCOC(=O)c1nc(C(N)CC(C)C)cs1. The summed E-state index contributed by atoms with van der Waals surface area (Å²) in [6, 6.07) is -0.0978. The van der Waals surface area contributed by atoms with Crippen LogP contribution in [-0.4, -0.2) is 17.6 Å². The van der Waals surface area contributed by atoms with Crippen LogP contribution in [0.3, 0.4) is 0 Å². The number of carbonyl (C=O) groups is 1. The van der Waals surface area contributed by atoms with Crippen LogP contribution in [0, 0.1) is 5.92 Å². The molecule has 0 aromatic carbocycles. The molecule has 90 valence electrons. The predicted molar refractivity (Wildman–Crippen MR) is 64.5 cm³/mol. The first-order valence-corrected chi connectivity index (χ1v) is 6.30. The van der Waals surface area contributed by atoms with Crippen molar-refractivity contribution in [3.05, 3.63) is 16.1 Å². The molecule has 1 aromatic heterocycles. The minimum atomic E-state index is -0.365. The summed E-state index contributed by atoms with van der Waals surface area (Å²) in [6.07, 6.45) is 0.867. The molecule has 0 fully saturated rings. The summed E-state index contributed by atoms with van der Waals surface area (Å²) in [5.74, 6) is 0.151. The molecule has 4 nitrogen and oxygen atoms in total. The van der Waals surface area contributed by atoms with Crippen LogP contribution in [0.25, 0.3) is 0 Å². The van der Waals surface area contributed by atoms with E-state index in [4.69, 9.17) is 10.5 Å². The lowest BCUT2D eigenvalue weighted by Gasteiger charge is -2.10. The Morgan fingerprint density at radius 1 is 1.62 bits per heavy atom. The van der Waals surface area contributed by atoms with E-state index in [0.717, 1.165) is 12.1 Å². The highest BCUT2D eigenvalue weighted by atomic mass is 32.1. The molecule has 16 heavy (non-hydrogen) atoms. The van der Waals surface area contributed by atoms with Crippen molar-refractivity contribution in [2.45, 2.75) is 33.2 Å². The lowest BCUT2D eigenvalue weighted by atomic mass is 10.0. The van der Waals surface area contributed by atoms with Crippen molar-refractivity contribution in [2.24, 2.45) is 11.7 Å². The van der Waals surface area contributed by atoms with Crippen LogP contribution in [0.5, 0.6) is 0 Å². The van der Waals surface area contributed by atoms with Gasteiger partial charge in [-0.1, -0.05) is 13.8 Å². The molecule has 1 rings (SSSR count). The maximum absolute atomic E-state index is 11.4. The van der Waals surface area contributed by atoms with Gasteiger partial charge in [-0.2, -0.15) is 0 Å². The molecule has 0 amide bonds. The lowest BCUT2D eigenvalue weighted by Crippen LogP contribution is -2.14. The molecule has 0 saturated carbocycles. The summed E-state index contributed by atoms with van der Waals surface area (Å²) in [5, 5.41) is 2.22. The fourth-order valence-corrected chi connectivity index (χ4v) is 2.14. The first-order valence-electron chi connectivity index (χ1n) is 5.42. The predicted octanol–water partition coefficient (Wildman–Crippen LogP) is 2.37. The second kappa shape index (κ2) is 5.96. The van der Waals surface area contributed by atoms with Crippen LogP contribution < -0.4 is 5.73 Å². The first-order chi connectivity index (χ1) is 7.54. The molecule has 0 aliphatic carbocycles. The summed E-state index contributed by atoms with van der Waals surface area (Å²) in [6.45, 7) is 6.36. The van der Waals surface area contributed by atoms with Crippen LogP contribution in [0.4, 0.5) is 0 Å². The number of nitrogens with two attached hydrogens (primary N) is 1. The molecule has 0 aliphatic rings. The largest absolute Gasteiger partial charge is 0.461 e. The van der Waals surface area contributed by atoms with Crippen molar-refractivity contribution in [2.75, 3.05) is 6.61 Å². The minimum Gasteiger partial charge on any atom is -0.461 e. The zero-order chi connectivity index (χ0) is 12.1. The number of hydrogen-bond donors (Lipinski definition) is 1. The Morgan fingerprint density at radius 3 is 2.88 bits per heavy atom. The average molecular weight is 242 g/mol. The number of thiazole rings is 1. The Labute approximate surface area is 99.8 Å². The highest BCUT2D eigenvalue weighted by Gasteiger charge is 2.16. The minimum absolute atomic E-state index is 0.0978. The normalized spacial score (nSPS) is 12.8. The molecule has 1 unspecified atom stereocenters. The number of aromatic nitrogens is 1. The number of hydrogen-bond acceptors (Lipinski definition) is 5. The third-order valence-corrected chi connectivity index (χ3v) is 2.92. The van der Waals surface area contributed by atoms with E-state index in [1.807, 2.05) is 5.38 Å². The summed E-state index contributed by atoms with van der Waals surface area (Å²) in [5.41, 5.74) is 6.75. The second-order valence-electron chi connectivity index (χ2n) is 4.03. The molecule has 1 heterocycles. The maximum Gasteiger partial charge on any atom is 0.367 e. The number of carbonyl (C=O) groups excluding carboxylic acids is 1. The van der Waals surface area contributed by atoms with Gasteiger partial charge in [-0.3, -0.25) is 0 Å². The topological polar surface area (TPSA) is 65.2 Å². The fraction of sp³-hybridized carbons (Fsp3) is 0.636. The van der Waals surface area contributed by atoms with Gasteiger partial charge in [-0.25, -0.2) is 9.78 Å². The zero-order valence-corrected chi connectivity index (χ0v) is 10.7. The Kier molecular flexibility index (Phi) is 4.89. The van der Waals surface area contributed by atoms with Gasteiger partial charge in [0.05, 0.1) is 12.3 Å². The van der Waals surface area contributed by atoms with Crippen LogP contribution in [-0.2, 0) is 4.74 Å². The Morgan fingerprint density at radius 2 is 2.31 bits per heavy atom. The van der Waals surface area contributed by atoms with Crippen LogP contribution in [0.2, 0.25) is 0 Å². The quantitative estimate of drug-likeness (QED) is 0.805. The van der Waals surface area contributed by atoms with Gasteiger partial charge in [-0.15, -0.1) is 11.3 Å². The number of esters is 1. The molecule has 2 N–H and O–H groups in total. The smallest absolute Gasteiger partial charge is 0.367 e. The van der Waals surface area contributed by atoms with Gasteiger partial charge in [-0.05, 0) is 19.3 Å². The van der Waals surface area contributed by atoms with Crippen LogP contribution in [0.15, 0.2) is 5.38 Å². The van der Waals surface area contributed by atoms with E-state index in [1.165, 1.54) is 11.3 Å². The number of rotatable bonds is 5. The zero-order valence-electron chi connectivity index (χ0n) is 9.90. The summed E-state index contributed by atoms with van der Waals surface area (Å²) >= 11 is 1.29. The van der Waals surface area contributed by atoms with E-state index < -0.39 is 0 Å². The summed E-state index contributed by atoms with van der Waals surface area (Å²) < 4.78 is 4.87. The Bertz CT molecular complexity index is 350. The van der Waals surface area contributed by atoms with Gasteiger partial charge in [0, 0.05) is 11.4 Å². The fourth-order valence-electron chi connectivity index (χ4n) is 1.37. The molecule has 5 heteroatoms. The van der Waals surface area contributed by atoms with E-state index in [-0.39, 0.29) is 12.0 Å². The molecule has 0 bridgehead atoms.